The van der Waals surface area contributed by atoms with Gasteiger partial charge >= 0.3 is 5.71 Å². The summed E-state index contributed by atoms with van der Waals surface area (Å²) in [5.74, 6) is 0.730. The Balaban J connectivity index is 2.09. The lowest BCUT2D eigenvalue weighted by Gasteiger charge is -2.39. The number of carbonyl (C=O) groups is 1. The zero-order valence-electron chi connectivity index (χ0n) is 13.5. The van der Waals surface area contributed by atoms with E-state index in [4.69, 9.17) is 4.74 Å². The molecule has 0 saturated heterocycles. The van der Waals surface area contributed by atoms with Crippen molar-refractivity contribution in [2.75, 3.05) is 6.66 Å². The molecule has 2 saturated carbocycles. The van der Waals surface area contributed by atoms with Crippen LogP contribution in [-0.4, -0.2) is 23.6 Å². The maximum atomic E-state index is 12.4. The zero-order valence-corrected chi connectivity index (χ0v) is 14.4. The SMILES string of the molecule is CP(C(=O)O[C@H]1C[C@H]2CC[C@]1(C)C2(C)C)C(C)(C)C. The molecule has 19 heavy (non-hydrogen) atoms. The average Bonchev–Trinajstić information content (AvgIpc) is 2.59. The van der Waals surface area contributed by atoms with E-state index >= 15 is 0 Å². The molecule has 0 aliphatic heterocycles. The minimum atomic E-state index is -0.723. The number of hydrogen-bond acceptors (Lipinski definition) is 2. The van der Waals surface area contributed by atoms with Gasteiger partial charge in [0.1, 0.15) is 6.10 Å². The van der Waals surface area contributed by atoms with Crippen molar-refractivity contribution in [1.29, 1.82) is 0 Å². The maximum Gasteiger partial charge on any atom is 0.326 e. The standard InChI is InChI=1S/C16H29O2P/c1-14(2,3)19(7)13(17)18-12-10-11-8-9-16(12,6)15(11,4)5/h11-12H,8-10H2,1-7H3/t11-,12+,16+,19?/m1/s1. The van der Waals surface area contributed by atoms with Crippen LogP contribution in [0.15, 0.2) is 0 Å². The molecule has 0 radical (unpaired) electrons. The predicted octanol–water partition coefficient (Wildman–Crippen LogP) is 5.25. The Morgan fingerprint density at radius 1 is 1.26 bits per heavy atom. The van der Waals surface area contributed by atoms with Gasteiger partial charge in [-0.15, -0.1) is 0 Å². The first-order valence-corrected chi connectivity index (χ1v) is 9.23. The molecule has 0 N–H and O–H groups in total. The molecule has 2 aliphatic rings. The monoisotopic (exact) mass is 284 g/mol. The van der Waals surface area contributed by atoms with Crippen LogP contribution in [0.25, 0.3) is 0 Å². The molecular formula is C16H29O2P. The second-order valence-corrected chi connectivity index (χ2v) is 11.0. The van der Waals surface area contributed by atoms with Crippen LogP contribution in [0.1, 0.15) is 60.8 Å². The summed E-state index contributed by atoms with van der Waals surface area (Å²) >= 11 is 0. The molecule has 4 atom stereocenters. The van der Waals surface area contributed by atoms with E-state index in [0.717, 1.165) is 12.3 Å². The van der Waals surface area contributed by atoms with E-state index in [1.165, 1.54) is 12.8 Å². The van der Waals surface area contributed by atoms with Crippen molar-refractivity contribution in [2.45, 2.75) is 72.1 Å². The van der Waals surface area contributed by atoms with E-state index in [1.807, 2.05) is 0 Å². The van der Waals surface area contributed by atoms with Crippen LogP contribution in [0.5, 0.6) is 0 Å². The number of fused-ring (bicyclic) bond motifs is 2. The highest BCUT2D eigenvalue weighted by molar-refractivity contribution is 7.74. The molecule has 0 spiro atoms. The topological polar surface area (TPSA) is 26.3 Å². The lowest BCUT2D eigenvalue weighted by Crippen LogP contribution is -2.38. The fraction of sp³-hybridized carbons (Fsp3) is 0.938. The van der Waals surface area contributed by atoms with Gasteiger partial charge in [-0.1, -0.05) is 41.5 Å². The molecule has 0 aromatic carbocycles. The fourth-order valence-corrected chi connectivity index (χ4v) is 4.62. The highest BCUT2D eigenvalue weighted by atomic mass is 31.1. The fourth-order valence-electron chi connectivity index (χ4n) is 3.78. The van der Waals surface area contributed by atoms with Crippen molar-refractivity contribution in [1.82, 2.24) is 0 Å². The average molecular weight is 284 g/mol. The van der Waals surface area contributed by atoms with Gasteiger partial charge in [0.15, 0.2) is 0 Å². The Hall–Kier alpha value is -0.100. The smallest absolute Gasteiger partial charge is 0.326 e. The first kappa shape index (κ1) is 15.3. The van der Waals surface area contributed by atoms with Crippen molar-refractivity contribution < 1.29 is 9.53 Å². The number of hydrogen-bond donors (Lipinski definition) is 0. The van der Waals surface area contributed by atoms with Gasteiger partial charge in [-0.05, 0) is 42.4 Å². The molecule has 1 unspecified atom stereocenters. The molecular weight excluding hydrogens is 255 g/mol. The summed E-state index contributed by atoms with van der Waals surface area (Å²) in [6, 6.07) is 0. The molecule has 110 valence electrons. The van der Waals surface area contributed by atoms with E-state index < -0.39 is 7.92 Å². The summed E-state index contributed by atoms with van der Waals surface area (Å²) < 4.78 is 5.96. The molecule has 2 nitrogen and oxygen atoms in total. The summed E-state index contributed by atoms with van der Waals surface area (Å²) in [5, 5.41) is 0.0421. The van der Waals surface area contributed by atoms with Crippen LogP contribution >= 0.6 is 7.92 Å². The number of rotatable bonds is 2. The maximum absolute atomic E-state index is 12.4. The highest BCUT2D eigenvalue weighted by Gasteiger charge is 2.63. The minimum absolute atomic E-state index is 0.0421. The molecule has 2 bridgehead atoms. The third-order valence-electron chi connectivity index (χ3n) is 6.24. The van der Waals surface area contributed by atoms with Gasteiger partial charge in [-0.25, -0.2) is 4.79 Å². The Bertz CT molecular complexity index is 383. The van der Waals surface area contributed by atoms with Gasteiger partial charge in [0.25, 0.3) is 0 Å². The molecule has 0 aromatic heterocycles. The Morgan fingerprint density at radius 3 is 2.21 bits per heavy atom. The third-order valence-corrected chi connectivity index (χ3v) is 8.90. The van der Waals surface area contributed by atoms with Crippen molar-refractivity contribution in [3.05, 3.63) is 0 Å². The lowest BCUT2D eigenvalue weighted by molar-refractivity contribution is 0.00615. The van der Waals surface area contributed by atoms with Crippen LogP contribution in [-0.2, 0) is 4.74 Å². The summed E-state index contributed by atoms with van der Waals surface area (Å²) in [6.45, 7) is 15.5. The first-order valence-electron chi connectivity index (χ1n) is 7.44. The van der Waals surface area contributed by atoms with E-state index in [1.54, 1.807) is 0 Å². The third kappa shape index (κ3) is 2.24. The van der Waals surface area contributed by atoms with Crippen molar-refractivity contribution in [3.63, 3.8) is 0 Å². The summed E-state index contributed by atoms with van der Waals surface area (Å²) in [5.41, 5.74) is 0.550. The van der Waals surface area contributed by atoms with Crippen LogP contribution in [0.3, 0.4) is 0 Å². The molecule has 3 heteroatoms. The van der Waals surface area contributed by atoms with Crippen LogP contribution < -0.4 is 0 Å². The molecule has 0 amide bonds. The molecule has 0 aromatic rings. The summed E-state index contributed by atoms with van der Waals surface area (Å²) in [4.78, 5) is 12.4. The van der Waals surface area contributed by atoms with E-state index in [-0.39, 0.29) is 22.4 Å². The summed E-state index contributed by atoms with van der Waals surface area (Å²) in [6.07, 6.45) is 3.72. The van der Waals surface area contributed by atoms with Crippen LogP contribution in [0.4, 0.5) is 4.79 Å². The van der Waals surface area contributed by atoms with Gasteiger partial charge in [-0.2, -0.15) is 0 Å². The highest BCUT2D eigenvalue weighted by Crippen LogP contribution is 2.66. The van der Waals surface area contributed by atoms with Crippen LogP contribution in [0, 0.1) is 16.7 Å². The van der Waals surface area contributed by atoms with E-state index in [9.17, 15) is 4.79 Å². The van der Waals surface area contributed by atoms with Crippen molar-refractivity contribution in [2.24, 2.45) is 16.7 Å². The van der Waals surface area contributed by atoms with Gasteiger partial charge in [0.05, 0.1) is 0 Å². The molecule has 2 fully saturated rings. The number of ether oxygens (including phenoxy) is 1. The Labute approximate surface area is 119 Å². The van der Waals surface area contributed by atoms with Gasteiger partial charge in [0.2, 0.25) is 0 Å². The lowest BCUT2D eigenvalue weighted by atomic mass is 9.70. The van der Waals surface area contributed by atoms with Crippen molar-refractivity contribution in [3.8, 4) is 0 Å². The molecule has 0 heterocycles. The normalized spacial score (nSPS) is 38.3. The zero-order chi connectivity index (χ0) is 14.6. The second-order valence-electron chi connectivity index (χ2n) is 8.21. The predicted molar refractivity (Wildman–Crippen MR) is 82.1 cm³/mol. The van der Waals surface area contributed by atoms with Gasteiger partial charge in [0, 0.05) is 13.3 Å². The second kappa shape index (κ2) is 4.45. The minimum Gasteiger partial charge on any atom is -0.459 e. The van der Waals surface area contributed by atoms with Gasteiger partial charge in [-0.3, -0.25) is 0 Å². The summed E-state index contributed by atoms with van der Waals surface area (Å²) in [7, 11) is -0.723. The molecule has 2 aliphatic carbocycles. The van der Waals surface area contributed by atoms with E-state index in [0.29, 0.717) is 5.41 Å². The first-order chi connectivity index (χ1) is 8.50. The quantitative estimate of drug-likeness (QED) is 0.647. The van der Waals surface area contributed by atoms with Gasteiger partial charge < -0.3 is 4.74 Å². The molecule has 2 rings (SSSR count). The largest absolute Gasteiger partial charge is 0.459 e. The van der Waals surface area contributed by atoms with E-state index in [2.05, 4.69) is 48.2 Å². The Kier molecular flexibility index (Phi) is 3.58. The number of carbonyl (C=O) groups excluding carboxylic acids is 1. The van der Waals surface area contributed by atoms with Crippen molar-refractivity contribution >= 4 is 13.6 Å². The Morgan fingerprint density at radius 2 is 1.84 bits per heavy atom. The van der Waals surface area contributed by atoms with Crippen LogP contribution in [0.2, 0.25) is 0 Å².